The quantitative estimate of drug-likeness (QED) is 0.523. The van der Waals surface area contributed by atoms with Crippen LogP contribution in [0.3, 0.4) is 0 Å². The summed E-state index contributed by atoms with van der Waals surface area (Å²) in [6.07, 6.45) is -0.254. The van der Waals surface area contributed by atoms with E-state index in [2.05, 4.69) is 12.6 Å². The Bertz CT molecular complexity index is 553. The lowest BCUT2D eigenvalue weighted by atomic mass is 10.1. The fraction of sp³-hybridized carbons (Fsp3) is 0.333. The molecule has 0 aliphatic carbocycles. The molecular formula is C12H10F3NO2S2. The van der Waals surface area contributed by atoms with Crippen LogP contribution in [0.2, 0.25) is 0 Å². The molecule has 0 aliphatic heterocycles. The smallest absolute Gasteiger partial charge is 0.446 e. The minimum Gasteiger partial charge on any atom is -0.466 e. The number of carbonyl (C=O) groups is 1. The summed E-state index contributed by atoms with van der Waals surface area (Å²) >= 11 is 3.51. The second-order valence-electron chi connectivity index (χ2n) is 3.59. The molecule has 1 aromatic rings. The molecule has 0 saturated carbocycles. The van der Waals surface area contributed by atoms with E-state index in [0.29, 0.717) is 0 Å². The van der Waals surface area contributed by atoms with Crippen molar-refractivity contribution in [1.82, 2.24) is 0 Å². The first-order valence-corrected chi connectivity index (χ1v) is 6.71. The highest BCUT2D eigenvalue weighted by molar-refractivity contribution is 8.00. The summed E-state index contributed by atoms with van der Waals surface area (Å²) in [5, 5.41) is 9.05. The largest absolute Gasteiger partial charge is 0.466 e. The van der Waals surface area contributed by atoms with Gasteiger partial charge in [-0.25, -0.2) is 0 Å². The highest BCUT2D eigenvalue weighted by atomic mass is 32.2. The van der Waals surface area contributed by atoms with Crippen LogP contribution in [0.4, 0.5) is 13.2 Å². The molecule has 0 aliphatic rings. The number of hydrogen-bond acceptors (Lipinski definition) is 5. The Morgan fingerprint density at radius 2 is 2.15 bits per heavy atom. The van der Waals surface area contributed by atoms with Gasteiger partial charge >= 0.3 is 11.5 Å². The van der Waals surface area contributed by atoms with Crippen molar-refractivity contribution in [2.24, 2.45) is 0 Å². The van der Waals surface area contributed by atoms with E-state index in [1.165, 1.54) is 12.1 Å². The average Bonchev–Trinajstić information content (AvgIpc) is 2.32. The molecular weight excluding hydrogens is 311 g/mol. The molecule has 0 heterocycles. The number of halogens is 3. The number of esters is 1. The zero-order valence-electron chi connectivity index (χ0n) is 10.3. The zero-order valence-corrected chi connectivity index (χ0v) is 12.0. The van der Waals surface area contributed by atoms with Crippen LogP contribution in [0, 0.1) is 11.3 Å². The molecule has 3 nitrogen and oxygen atoms in total. The lowest BCUT2D eigenvalue weighted by Crippen LogP contribution is -2.10. The van der Waals surface area contributed by atoms with E-state index in [9.17, 15) is 18.0 Å². The van der Waals surface area contributed by atoms with Gasteiger partial charge in [-0.05, 0) is 30.3 Å². The first-order valence-electron chi connectivity index (χ1n) is 5.44. The molecule has 0 fully saturated rings. The van der Waals surface area contributed by atoms with E-state index < -0.39 is 23.2 Å². The van der Waals surface area contributed by atoms with Crippen LogP contribution in [0.1, 0.15) is 18.1 Å². The summed E-state index contributed by atoms with van der Waals surface area (Å²) in [6.45, 7) is 1.78. The Morgan fingerprint density at radius 3 is 2.65 bits per heavy atom. The molecule has 20 heavy (non-hydrogen) atoms. The van der Waals surface area contributed by atoms with Crippen LogP contribution < -0.4 is 0 Å². The summed E-state index contributed by atoms with van der Waals surface area (Å²) < 4.78 is 42.2. The van der Waals surface area contributed by atoms with Gasteiger partial charge in [0, 0.05) is 9.79 Å². The molecule has 108 valence electrons. The number of alkyl halides is 3. The van der Waals surface area contributed by atoms with Gasteiger partial charge in [0.15, 0.2) is 0 Å². The maximum absolute atomic E-state index is 12.5. The predicted molar refractivity (Wildman–Crippen MR) is 70.7 cm³/mol. The van der Waals surface area contributed by atoms with E-state index in [4.69, 9.17) is 10.00 Å². The number of rotatable bonds is 4. The fourth-order valence-electron chi connectivity index (χ4n) is 1.47. The van der Waals surface area contributed by atoms with E-state index in [1.54, 1.807) is 13.0 Å². The van der Waals surface area contributed by atoms with Gasteiger partial charge in [-0.2, -0.15) is 18.4 Å². The minimum atomic E-state index is -4.54. The Labute approximate surface area is 123 Å². The molecule has 0 radical (unpaired) electrons. The molecule has 0 aromatic heterocycles. The van der Waals surface area contributed by atoms with Crippen LogP contribution >= 0.6 is 24.4 Å². The third-order valence-electron chi connectivity index (χ3n) is 2.19. The summed E-state index contributed by atoms with van der Waals surface area (Å²) in [6, 6.07) is 4.42. The van der Waals surface area contributed by atoms with Crippen LogP contribution in [0.15, 0.2) is 21.9 Å². The monoisotopic (exact) mass is 321 g/mol. The maximum Gasteiger partial charge on any atom is 0.446 e. The van der Waals surface area contributed by atoms with Crippen LogP contribution in [-0.2, 0) is 16.0 Å². The first kappa shape index (κ1) is 16.7. The second kappa shape index (κ2) is 6.90. The molecule has 0 atom stereocenters. The molecule has 0 unspecified atom stereocenters. The highest BCUT2D eigenvalue weighted by Crippen LogP contribution is 2.42. The zero-order chi connectivity index (χ0) is 15.3. The first-order chi connectivity index (χ1) is 9.28. The van der Waals surface area contributed by atoms with Gasteiger partial charge in [0.25, 0.3) is 0 Å². The van der Waals surface area contributed by atoms with E-state index in [1.807, 2.05) is 0 Å². The van der Waals surface area contributed by atoms with Crippen LogP contribution in [-0.4, -0.2) is 18.1 Å². The predicted octanol–water partition coefficient (Wildman–Crippen LogP) is 3.56. The third kappa shape index (κ3) is 4.65. The molecule has 0 bridgehead atoms. The lowest BCUT2D eigenvalue weighted by molar-refractivity contribution is -0.142. The number of benzene rings is 1. The lowest BCUT2D eigenvalue weighted by Gasteiger charge is -2.12. The van der Waals surface area contributed by atoms with E-state index >= 15 is 0 Å². The van der Waals surface area contributed by atoms with Gasteiger partial charge in [0.1, 0.15) is 6.07 Å². The molecule has 0 saturated heterocycles. The Balaban J connectivity index is 3.18. The van der Waals surface area contributed by atoms with Gasteiger partial charge in [0.05, 0.1) is 18.6 Å². The number of thioether (sulfide) groups is 1. The number of thiol groups is 1. The molecule has 0 spiro atoms. The minimum absolute atomic E-state index is 0.0384. The van der Waals surface area contributed by atoms with Crippen molar-refractivity contribution in [3.8, 4) is 6.07 Å². The van der Waals surface area contributed by atoms with Gasteiger partial charge in [-0.3, -0.25) is 4.79 Å². The number of nitriles is 1. The van der Waals surface area contributed by atoms with Gasteiger partial charge in [-0.1, -0.05) is 6.07 Å². The van der Waals surface area contributed by atoms with Crippen molar-refractivity contribution < 1.29 is 22.7 Å². The Hall–Kier alpha value is -1.33. The summed E-state index contributed by atoms with van der Waals surface area (Å²) in [7, 11) is 0. The fourth-order valence-corrected chi connectivity index (χ4v) is 2.48. The molecule has 1 aromatic carbocycles. The molecule has 1 rings (SSSR count). The Morgan fingerprint density at radius 1 is 1.50 bits per heavy atom. The molecule has 0 amide bonds. The summed E-state index contributed by atoms with van der Waals surface area (Å²) in [4.78, 5) is 11.1. The highest BCUT2D eigenvalue weighted by Gasteiger charge is 2.32. The third-order valence-corrected chi connectivity index (χ3v) is 3.58. The topological polar surface area (TPSA) is 50.1 Å². The molecule has 8 heteroatoms. The number of ether oxygens (including phenoxy) is 1. The van der Waals surface area contributed by atoms with Crippen molar-refractivity contribution in [3.63, 3.8) is 0 Å². The van der Waals surface area contributed by atoms with Gasteiger partial charge in [-0.15, -0.1) is 12.6 Å². The van der Waals surface area contributed by atoms with Crippen molar-refractivity contribution in [3.05, 3.63) is 23.3 Å². The van der Waals surface area contributed by atoms with Crippen LogP contribution in [0.25, 0.3) is 0 Å². The average molecular weight is 321 g/mol. The maximum atomic E-state index is 12.5. The van der Waals surface area contributed by atoms with Gasteiger partial charge < -0.3 is 4.74 Å². The van der Waals surface area contributed by atoms with Crippen molar-refractivity contribution in [1.29, 1.82) is 5.26 Å². The van der Waals surface area contributed by atoms with Crippen molar-refractivity contribution >= 4 is 30.4 Å². The molecule has 0 N–H and O–H groups in total. The number of hydrogen-bond donors (Lipinski definition) is 1. The normalized spacial score (nSPS) is 11.0. The Kier molecular flexibility index (Phi) is 5.77. The summed E-state index contributed by atoms with van der Waals surface area (Å²) in [5.41, 5.74) is -4.55. The SMILES string of the molecule is CCOC(=O)Cc1ccc(S)c(SC(F)(F)F)c1C#N. The van der Waals surface area contributed by atoms with E-state index in [0.717, 1.165) is 0 Å². The number of nitrogens with zero attached hydrogens (tertiary/aromatic N) is 1. The van der Waals surface area contributed by atoms with Crippen molar-refractivity contribution in [2.45, 2.75) is 28.6 Å². The van der Waals surface area contributed by atoms with Crippen LogP contribution in [0.5, 0.6) is 0 Å². The van der Waals surface area contributed by atoms with Gasteiger partial charge in [0.2, 0.25) is 0 Å². The summed E-state index contributed by atoms with van der Waals surface area (Å²) in [5.74, 6) is -0.598. The van der Waals surface area contributed by atoms with Crippen molar-refractivity contribution in [2.75, 3.05) is 6.61 Å². The number of carbonyl (C=O) groups excluding carboxylic acids is 1. The second-order valence-corrected chi connectivity index (χ2v) is 5.15. The standard InChI is InChI=1S/C12H10F3NO2S2/c1-2-18-10(17)5-7-3-4-9(19)11(8(7)6-16)20-12(13,14)15/h3-4,19H,2,5H2,1H3. The van der Waals surface area contributed by atoms with E-state index in [-0.39, 0.29) is 33.9 Å².